The molecule has 0 fully saturated rings. The first-order chi connectivity index (χ1) is 10.5. The molecule has 0 aliphatic heterocycles. The van der Waals surface area contributed by atoms with Crippen LogP contribution < -0.4 is 16.7 Å². The SMILES string of the molecule is CCCCNc1nnc(-c2ccc([N+](=O)[O-])cc2)c(=O)n1N. The lowest BCUT2D eigenvalue weighted by Gasteiger charge is -2.09. The fourth-order valence-electron chi connectivity index (χ4n) is 1.82. The summed E-state index contributed by atoms with van der Waals surface area (Å²) in [6.07, 6.45) is 1.91. The van der Waals surface area contributed by atoms with Crippen molar-refractivity contribution < 1.29 is 4.92 Å². The van der Waals surface area contributed by atoms with Gasteiger partial charge >= 0.3 is 0 Å². The second-order valence-corrected chi connectivity index (χ2v) is 4.63. The molecule has 0 radical (unpaired) electrons. The standard InChI is InChI=1S/C13H16N6O3/c1-2-3-8-15-13-17-16-11(12(20)18(13)14)9-4-6-10(7-5-9)19(21)22/h4-7H,2-3,8,14H2,1H3,(H,15,17). The highest BCUT2D eigenvalue weighted by Gasteiger charge is 2.13. The Morgan fingerprint density at radius 3 is 2.59 bits per heavy atom. The number of nitrogens with zero attached hydrogens (tertiary/aromatic N) is 4. The van der Waals surface area contributed by atoms with Crippen molar-refractivity contribution in [2.45, 2.75) is 19.8 Å². The lowest BCUT2D eigenvalue weighted by atomic mass is 10.1. The number of benzene rings is 1. The van der Waals surface area contributed by atoms with Crippen molar-refractivity contribution in [2.24, 2.45) is 0 Å². The van der Waals surface area contributed by atoms with Crippen molar-refractivity contribution >= 4 is 11.6 Å². The molecular weight excluding hydrogens is 288 g/mol. The largest absolute Gasteiger partial charge is 0.353 e. The van der Waals surface area contributed by atoms with E-state index in [1.807, 2.05) is 6.92 Å². The summed E-state index contributed by atoms with van der Waals surface area (Å²) >= 11 is 0. The van der Waals surface area contributed by atoms with E-state index in [1.54, 1.807) is 0 Å². The topological polar surface area (TPSA) is 129 Å². The molecule has 0 saturated heterocycles. The number of nitrogen functional groups attached to an aromatic ring is 1. The molecular formula is C13H16N6O3. The van der Waals surface area contributed by atoms with Gasteiger partial charge < -0.3 is 11.2 Å². The second kappa shape index (κ2) is 6.66. The van der Waals surface area contributed by atoms with Crippen LogP contribution >= 0.6 is 0 Å². The minimum atomic E-state index is -0.525. The zero-order valence-electron chi connectivity index (χ0n) is 12.0. The molecule has 2 aromatic rings. The molecule has 2 rings (SSSR count). The molecule has 1 aromatic carbocycles. The summed E-state index contributed by atoms with van der Waals surface area (Å²) in [4.78, 5) is 22.3. The molecule has 0 unspecified atom stereocenters. The smallest absolute Gasteiger partial charge is 0.300 e. The van der Waals surface area contributed by atoms with Gasteiger partial charge in [-0.05, 0) is 18.6 Å². The minimum absolute atomic E-state index is 0.0402. The third kappa shape index (κ3) is 3.19. The van der Waals surface area contributed by atoms with Crippen molar-refractivity contribution in [3.63, 3.8) is 0 Å². The van der Waals surface area contributed by atoms with E-state index >= 15 is 0 Å². The molecule has 0 aliphatic rings. The quantitative estimate of drug-likeness (QED) is 0.354. The van der Waals surface area contributed by atoms with Crippen LogP contribution in [0.15, 0.2) is 29.1 Å². The number of non-ortho nitro benzene ring substituents is 1. The summed E-state index contributed by atoms with van der Waals surface area (Å²) in [5.41, 5.74) is -0.133. The molecule has 9 nitrogen and oxygen atoms in total. The predicted octanol–water partition coefficient (Wildman–Crippen LogP) is 1.14. The molecule has 0 amide bonds. The average Bonchev–Trinajstić information content (AvgIpc) is 2.52. The van der Waals surface area contributed by atoms with Gasteiger partial charge in [0.15, 0.2) is 5.69 Å². The van der Waals surface area contributed by atoms with E-state index in [2.05, 4.69) is 15.5 Å². The van der Waals surface area contributed by atoms with Crippen LogP contribution in [-0.2, 0) is 0 Å². The Morgan fingerprint density at radius 1 is 1.32 bits per heavy atom. The average molecular weight is 304 g/mol. The van der Waals surface area contributed by atoms with Gasteiger partial charge in [0.2, 0.25) is 5.95 Å². The van der Waals surface area contributed by atoms with Crippen molar-refractivity contribution in [3.05, 3.63) is 44.7 Å². The van der Waals surface area contributed by atoms with Crippen molar-refractivity contribution in [1.29, 1.82) is 0 Å². The molecule has 0 bridgehead atoms. The molecule has 9 heteroatoms. The maximum absolute atomic E-state index is 12.2. The van der Waals surface area contributed by atoms with Crippen LogP contribution in [0.3, 0.4) is 0 Å². The highest BCUT2D eigenvalue weighted by atomic mass is 16.6. The van der Waals surface area contributed by atoms with Gasteiger partial charge in [-0.2, -0.15) is 4.68 Å². The minimum Gasteiger partial charge on any atom is -0.353 e. The van der Waals surface area contributed by atoms with E-state index in [-0.39, 0.29) is 17.3 Å². The van der Waals surface area contributed by atoms with Crippen LogP contribution in [0.25, 0.3) is 11.3 Å². The van der Waals surface area contributed by atoms with Crippen LogP contribution in [0.4, 0.5) is 11.6 Å². The Balaban J connectivity index is 2.30. The summed E-state index contributed by atoms with van der Waals surface area (Å²) in [6.45, 7) is 2.68. The predicted molar refractivity (Wildman–Crippen MR) is 81.9 cm³/mol. The Morgan fingerprint density at radius 2 is 2.00 bits per heavy atom. The van der Waals surface area contributed by atoms with E-state index in [4.69, 9.17) is 5.84 Å². The molecule has 0 atom stereocenters. The first-order valence-corrected chi connectivity index (χ1v) is 6.78. The molecule has 0 spiro atoms. The highest BCUT2D eigenvalue weighted by Crippen LogP contribution is 2.18. The molecule has 0 saturated carbocycles. The van der Waals surface area contributed by atoms with E-state index in [0.29, 0.717) is 12.1 Å². The first-order valence-electron chi connectivity index (χ1n) is 6.78. The summed E-state index contributed by atoms with van der Waals surface area (Å²) in [6, 6.07) is 5.47. The van der Waals surface area contributed by atoms with Crippen LogP contribution in [0.5, 0.6) is 0 Å². The summed E-state index contributed by atoms with van der Waals surface area (Å²) < 4.78 is 0.888. The zero-order chi connectivity index (χ0) is 16.1. The molecule has 3 N–H and O–H groups in total. The lowest BCUT2D eigenvalue weighted by Crippen LogP contribution is -2.33. The maximum atomic E-state index is 12.2. The number of anilines is 1. The number of rotatable bonds is 6. The molecule has 22 heavy (non-hydrogen) atoms. The third-order valence-electron chi connectivity index (χ3n) is 3.06. The molecule has 0 aliphatic carbocycles. The number of nitrogens with two attached hydrogens (primary N) is 1. The molecule has 1 aromatic heterocycles. The Bertz CT molecular complexity index is 726. The molecule has 116 valence electrons. The van der Waals surface area contributed by atoms with Crippen molar-refractivity contribution in [1.82, 2.24) is 14.9 Å². The van der Waals surface area contributed by atoms with E-state index in [9.17, 15) is 14.9 Å². The number of unbranched alkanes of at least 4 members (excludes halogenated alkanes) is 1. The fraction of sp³-hybridized carbons (Fsp3) is 0.308. The van der Waals surface area contributed by atoms with Crippen LogP contribution in [0.1, 0.15) is 19.8 Å². The summed E-state index contributed by atoms with van der Waals surface area (Å²) in [7, 11) is 0. The summed E-state index contributed by atoms with van der Waals surface area (Å²) in [5, 5.41) is 21.3. The second-order valence-electron chi connectivity index (χ2n) is 4.63. The number of hydrogen-bond donors (Lipinski definition) is 2. The summed E-state index contributed by atoms with van der Waals surface area (Å²) in [5.74, 6) is 5.90. The van der Waals surface area contributed by atoms with Gasteiger partial charge in [0.05, 0.1) is 4.92 Å². The van der Waals surface area contributed by atoms with E-state index in [0.717, 1.165) is 17.5 Å². The normalized spacial score (nSPS) is 10.4. The van der Waals surface area contributed by atoms with Gasteiger partial charge in [0.1, 0.15) is 0 Å². The lowest BCUT2D eigenvalue weighted by molar-refractivity contribution is -0.384. The Kier molecular flexibility index (Phi) is 4.66. The Hall–Kier alpha value is -2.97. The highest BCUT2D eigenvalue weighted by molar-refractivity contribution is 5.60. The zero-order valence-corrected chi connectivity index (χ0v) is 12.0. The number of hydrogen-bond acceptors (Lipinski definition) is 7. The van der Waals surface area contributed by atoms with Gasteiger partial charge in [-0.1, -0.05) is 13.3 Å². The number of aromatic nitrogens is 3. The van der Waals surface area contributed by atoms with Crippen LogP contribution in [0, 0.1) is 10.1 Å². The van der Waals surface area contributed by atoms with Crippen LogP contribution in [0.2, 0.25) is 0 Å². The number of nitro benzene ring substituents is 1. The number of nitro groups is 1. The van der Waals surface area contributed by atoms with Crippen molar-refractivity contribution in [2.75, 3.05) is 17.7 Å². The molecule has 1 heterocycles. The van der Waals surface area contributed by atoms with Gasteiger partial charge in [-0.25, -0.2) is 0 Å². The number of nitrogens with one attached hydrogen (secondary N) is 1. The third-order valence-corrected chi connectivity index (χ3v) is 3.06. The monoisotopic (exact) mass is 304 g/mol. The van der Waals surface area contributed by atoms with Gasteiger partial charge in [-0.15, -0.1) is 10.2 Å². The fourth-order valence-corrected chi connectivity index (χ4v) is 1.82. The van der Waals surface area contributed by atoms with E-state index < -0.39 is 10.5 Å². The van der Waals surface area contributed by atoms with E-state index in [1.165, 1.54) is 24.3 Å². The van der Waals surface area contributed by atoms with Crippen LogP contribution in [-0.4, -0.2) is 26.3 Å². The van der Waals surface area contributed by atoms with Gasteiger partial charge in [0.25, 0.3) is 11.2 Å². The Labute approximate surface area is 125 Å². The van der Waals surface area contributed by atoms with Crippen molar-refractivity contribution in [3.8, 4) is 11.3 Å². The van der Waals surface area contributed by atoms with Gasteiger partial charge in [-0.3, -0.25) is 14.9 Å². The first kappa shape index (κ1) is 15.4. The van der Waals surface area contributed by atoms with Gasteiger partial charge in [0, 0.05) is 24.2 Å². The maximum Gasteiger partial charge on any atom is 0.300 e.